The molecule has 6 nitrogen and oxygen atoms in total. The fraction of sp³-hybridized carbons (Fsp3) is 0.263. The molecule has 25 heavy (non-hydrogen) atoms. The molecule has 0 bridgehead atoms. The lowest BCUT2D eigenvalue weighted by Crippen LogP contribution is -2.18. The number of hydrogen-bond donors (Lipinski definition) is 1. The van der Waals surface area contributed by atoms with E-state index < -0.39 is 0 Å². The fourth-order valence-corrected chi connectivity index (χ4v) is 2.21. The van der Waals surface area contributed by atoms with Crippen LogP contribution in [0.2, 0.25) is 0 Å². The first-order valence-electron chi connectivity index (χ1n) is 8.05. The number of nitrogens with one attached hydrogen (secondary N) is 1. The Labute approximate surface area is 147 Å². The van der Waals surface area contributed by atoms with Crippen LogP contribution in [0.4, 0.5) is 0 Å². The summed E-state index contributed by atoms with van der Waals surface area (Å²) in [4.78, 5) is 12.2. The number of rotatable bonds is 8. The molecule has 6 heteroatoms. The van der Waals surface area contributed by atoms with Crippen LogP contribution in [0.3, 0.4) is 0 Å². The molecule has 132 valence electrons. The molecule has 0 spiro atoms. The quantitative estimate of drug-likeness (QED) is 0.590. The average molecular weight is 342 g/mol. The normalized spacial score (nSPS) is 10.5. The van der Waals surface area contributed by atoms with Crippen LogP contribution < -0.4 is 19.6 Å². The number of benzene rings is 2. The Morgan fingerprint density at radius 3 is 2.56 bits per heavy atom. The molecule has 0 aliphatic rings. The molecule has 0 unspecified atom stereocenters. The summed E-state index contributed by atoms with van der Waals surface area (Å²) in [5.41, 5.74) is 3.65. The van der Waals surface area contributed by atoms with Gasteiger partial charge in [-0.25, -0.2) is 5.43 Å². The Morgan fingerprint density at radius 2 is 1.84 bits per heavy atom. The van der Waals surface area contributed by atoms with Gasteiger partial charge in [0.1, 0.15) is 17.2 Å². The zero-order valence-corrected chi connectivity index (χ0v) is 14.6. The maximum Gasteiger partial charge on any atom is 0.275 e. The molecule has 0 saturated heterocycles. The summed E-state index contributed by atoms with van der Waals surface area (Å²) in [7, 11) is 1.52. The standard InChI is InChI=1S/C19H22N2O4/c1-4-24-15-11-10-14(18(12-15)25-5-2)13-20-21-19(22)16-8-6-7-9-17(16)23-3/h6-13H,4-5H2,1-3H3,(H,21,22)/b20-13-. The van der Waals surface area contributed by atoms with E-state index in [1.165, 1.54) is 13.3 Å². The maximum atomic E-state index is 12.2. The van der Waals surface area contributed by atoms with E-state index in [0.717, 1.165) is 11.3 Å². The fourth-order valence-electron chi connectivity index (χ4n) is 2.21. The van der Waals surface area contributed by atoms with Crippen molar-refractivity contribution in [2.75, 3.05) is 20.3 Å². The Hall–Kier alpha value is -3.02. The second kappa shape index (κ2) is 9.32. The second-order valence-electron chi connectivity index (χ2n) is 4.97. The highest BCUT2D eigenvalue weighted by molar-refractivity contribution is 5.97. The van der Waals surface area contributed by atoms with E-state index in [1.807, 2.05) is 26.0 Å². The highest BCUT2D eigenvalue weighted by Crippen LogP contribution is 2.24. The number of carbonyl (C=O) groups excluding carboxylic acids is 1. The number of nitrogens with zero attached hydrogens (tertiary/aromatic N) is 1. The van der Waals surface area contributed by atoms with Gasteiger partial charge in [0.25, 0.3) is 5.91 Å². The van der Waals surface area contributed by atoms with Gasteiger partial charge >= 0.3 is 0 Å². The third kappa shape index (κ3) is 4.97. The van der Waals surface area contributed by atoms with Gasteiger partial charge < -0.3 is 14.2 Å². The van der Waals surface area contributed by atoms with Gasteiger partial charge in [0.05, 0.1) is 32.1 Å². The first-order chi connectivity index (χ1) is 12.2. The molecule has 0 aliphatic carbocycles. The van der Waals surface area contributed by atoms with Crippen molar-refractivity contribution in [3.05, 3.63) is 53.6 Å². The van der Waals surface area contributed by atoms with Crippen LogP contribution in [0.1, 0.15) is 29.8 Å². The predicted octanol–water partition coefficient (Wildman–Crippen LogP) is 3.26. The van der Waals surface area contributed by atoms with Gasteiger partial charge in [-0.05, 0) is 38.1 Å². The van der Waals surface area contributed by atoms with E-state index in [2.05, 4.69) is 10.5 Å². The molecule has 0 radical (unpaired) electrons. The summed E-state index contributed by atoms with van der Waals surface area (Å²) in [5, 5.41) is 4.01. The lowest BCUT2D eigenvalue weighted by atomic mass is 10.2. The number of para-hydroxylation sites is 1. The van der Waals surface area contributed by atoms with Crippen LogP contribution in [-0.2, 0) is 0 Å². The number of ether oxygens (including phenoxy) is 3. The molecule has 1 N–H and O–H groups in total. The van der Waals surface area contributed by atoms with Gasteiger partial charge in [-0.1, -0.05) is 12.1 Å². The summed E-state index contributed by atoms with van der Waals surface area (Å²) >= 11 is 0. The average Bonchev–Trinajstić information content (AvgIpc) is 2.63. The minimum Gasteiger partial charge on any atom is -0.496 e. The Bertz CT molecular complexity index is 744. The predicted molar refractivity (Wildman–Crippen MR) is 96.8 cm³/mol. The van der Waals surface area contributed by atoms with Gasteiger partial charge in [-0.15, -0.1) is 0 Å². The molecule has 0 atom stereocenters. The van der Waals surface area contributed by atoms with Crippen LogP contribution in [0.15, 0.2) is 47.6 Å². The molecule has 0 heterocycles. The SMILES string of the molecule is CCOc1ccc(/C=N\NC(=O)c2ccccc2OC)c(OCC)c1. The summed E-state index contributed by atoms with van der Waals surface area (Å²) in [6, 6.07) is 12.4. The zero-order chi connectivity index (χ0) is 18.1. The molecule has 2 aromatic rings. The van der Waals surface area contributed by atoms with Crippen molar-refractivity contribution in [3.8, 4) is 17.2 Å². The zero-order valence-electron chi connectivity index (χ0n) is 14.6. The summed E-state index contributed by atoms with van der Waals surface area (Å²) in [5.74, 6) is 1.51. The first-order valence-corrected chi connectivity index (χ1v) is 8.05. The van der Waals surface area contributed by atoms with E-state index in [1.54, 1.807) is 30.3 Å². The number of amides is 1. The smallest absolute Gasteiger partial charge is 0.275 e. The van der Waals surface area contributed by atoms with Gasteiger partial charge in [0.2, 0.25) is 0 Å². The maximum absolute atomic E-state index is 12.2. The first kappa shape index (κ1) is 18.3. The van der Waals surface area contributed by atoms with Crippen LogP contribution in [0.5, 0.6) is 17.2 Å². The van der Waals surface area contributed by atoms with Crippen molar-refractivity contribution in [3.63, 3.8) is 0 Å². The number of carbonyl (C=O) groups is 1. The third-order valence-electron chi connectivity index (χ3n) is 3.32. The Kier molecular flexibility index (Phi) is 6.83. The van der Waals surface area contributed by atoms with Gasteiger partial charge in [0.15, 0.2) is 0 Å². The number of hydrazone groups is 1. The molecule has 2 aromatic carbocycles. The van der Waals surface area contributed by atoms with Crippen LogP contribution in [0.25, 0.3) is 0 Å². The third-order valence-corrected chi connectivity index (χ3v) is 3.32. The minimum atomic E-state index is -0.349. The van der Waals surface area contributed by atoms with Gasteiger partial charge in [0, 0.05) is 11.6 Å². The van der Waals surface area contributed by atoms with E-state index in [-0.39, 0.29) is 5.91 Å². The van der Waals surface area contributed by atoms with E-state index in [0.29, 0.717) is 30.3 Å². The van der Waals surface area contributed by atoms with Gasteiger partial charge in [-0.3, -0.25) is 4.79 Å². The number of methoxy groups -OCH3 is 1. The van der Waals surface area contributed by atoms with Crippen LogP contribution in [0, 0.1) is 0 Å². The molecule has 0 aliphatic heterocycles. The molecule has 0 saturated carbocycles. The second-order valence-corrected chi connectivity index (χ2v) is 4.97. The van der Waals surface area contributed by atoms with E-state index in [9.17, 15) is 4.79 Å². The summed E-state index contributed by atoms with van der Waals surface area (Å²) < 4.78 is 16.2. The van der Waals surface area contributed by atoms with Crippen molar-refractivity contribution < 1.29 is 19.0 Å². The molecular weight excluding hydrogens is 320 g/mol. The minimum absolute atomic E-state index is 0.349. The van der Waals surface area contributed by atoms with Crippen molar-refractivity contribution in [1.29, 1.82) is 0 Å². The van der Waals surface area contributed by atoms with Crippen molar-refractivity contribution in [2.24, 2.45) is 5.10 Å². The lowest BCUT2D eigenvalue weighted by Gasteiger charge is -2.10. The number of hydrogen-bond acceptors (Lipinski definition) is 5. The summed E-state index contributed by atoms with van der Waals surface area (Å²) in [6.07, 6.45) is 1.54. The van der Waals surface area contributed by atoms with Crippen molar-refractivity contribution in [1.82, 2.24) is 5.43 Å². The molecule has 1 amide bonds. The molecule has 0 fully saturated rings. The van der Waals surface area contributed by atoms with Crippen molar-refractivity contribution >= 4 is 12.1 Å². The van der Waals surface area contributed by atoms with Crippen molar-refractivity contribution in [2.45, 2.75) is 13.8 Å². The monoisotopic (exact) mass is 342 g/mol. The Balaban J connectivity index is 2.12. The Morgan fingerprint density at radius 1 is 1.08 bits per heavy atom. The largest absolute Gasteiger partial charge is 0.496 e. The topological polar surface area (TPSA) is 69.2 Å². The highest BCUT2D eigenvalue weighted by atomic mass is 16.5. The van der Waals surface area contributed by atoms with E-state index >= 15 is 0 Å². The van der Waals surface area contributed by atoms with E-state index in [4.69, 9.17) is 14.2 Å². The molecular formula is C19H22N2O4. The van der Waals surface area contributed by atoms with Gasteiger partial charge in [-0.2, -0.15) is 5.10 Å². The molecule has 2 rings (SSSR count). The van der Waals surface area contributed by atoms with Crippen LogP contribution >= 0.6 is 0 Å². The highest BCUT2D eigenvalue weighted by Gasteiger charge is 2.10. The lowest BCUT2D eigenvalue weighted by molar-refractivity contribution is 0.0952. The molecule has 0 aromatic heterocycles. The van der Waals surface area contributed by atoms with Crippen LogP contribution in [-0.4, -0.2) is 32.4 Å². The summed E-state index contributed by atoms with van der Waals surface area (Å²) in [6.45, 7) is 4.92.